The van der Waals surface area contributed by atoms with Gasteiger partial charge in [0.05, 0.1) is 0 Å². The molecule has 0 spiro atoms. The maximum Gasteiger partial charge on any atom is 0.220 e. The van der Waals surface area contributed by atoms with Gasteiger partial charge < -0.3 is 10.2 Å². The second-order valence-corrected chi connectivity index (χ2v) is 5.34. The molecule has 0 rings (SSSR count). The summed E-state index contributed by atoms with van der Waals surface area (Å²) in [4.78, 5) is 13.6. The van der Waals surface area contributed by atoms with Crippen LogP contribution in [0.2, 0.25) is 0 Å². The minimum atomic E-state index is 0.0866. The third kappa shape index (κ3) is 6.50. The molecule has 1 N–H and O–H groups in total. The average Bonchev–Trinajstić information content (AvgIpc) is 2.13. The van der Waals surface area contributed by atoms with E-state index in [0.717, 1.165) is 13.0 Å². The Morgan fingerprint density at radius 3 is 2.33 bits per heavy atom. The van der Waals surface area contributed by atoms with Crippen LogP contribution in [0.5, 0.6) is 0 Å². The van der Waals surface area contributed by atoms with Crippen molar-refractivity contribution in [1.29, 1.82) is 0 Å². The van der Waals surface area contributed by atoms with Crippen molar-refractivity contribution in [1.82, 2.24) is 10.2 Å². The molecule has 0 unspecified atom stereocenters. The molecule has 3 nitrogen and oxygen atoms in total. The first-order valence-corrected chi connectivity index (χ1v) is 5.69. The summed E-state index contributed by atoms with van der Waals surface area (Å²) in [6, 6.07) is 0.570. The van der Waals surface area contributed by atoms with Crippen molar-refractivity contribution in [2.75, 3.05) is 20.6 Å². The van der Waals surface area contributed by atoms with E-state index in [2.05, 4.69) is 45.0 Å². The van der Waals surface area contributed by atoms with Gasteiger partial charge in [-0.15, -0.1) is 0 Å². The lowest BCUT2D eigenvalue weighted by molar-refractivity contribution is -0.122. The third-order valence-corrected chi connectivity index (χ3v) is 2.94. The molecule has 90 valence electrons. The first-order chi connectivity index (χ1) is 6.78. The molecule has 0 aliphatic rings. The molecule has 0 saturated carbocycles. The van der Waals surface area contributed by atoms with Crippen molar-refractivity contribution in [3.05, 3.63) is 0 Å². The Kier molecular flexibility index (Phi) is 5.88. The quantitative estimate of drug-likeness (QED) is 0.732. The molecule has 0 aromatic rings. The van der Waals surface area contributed by atoms with E-state index in [1.54, 1.807) is 7.05 Å². The highest BCUT2D eigenvalue weighted by Crippen LogP contribution is 2.25. The molecular weight excluding hydrogens is 188 g/mol. The summed E-state index contributed by atoms with van der Waals surface area (Å²) in [5.41, 5.74) is 0.0866. The maximum atomic E-state index is 11.3. The maximum absolute atomic E-state index is 11.3. The lowest BCUT2D eigenvalue weighted by Crippen LogP contribution is -2.32. The van der Waals surface area contributed by atoms with Crippen LogP contribution in [-0.4, -0.2) is 37.5 Å². The fraction of sp³-hybridized carbons (Fsp3) is 0.917. The summed E-state index contributed by atoms with van der Waals surface area (Å²) in [6.07, 6.45) is 1.66. The Bertz CT molecular complexity index is 200. The molecule has 0 heterocycles. The van der Waals surface area contributed by atoms with E-state index in [4.69, 9.17) is 0 Å². The van der Waals surface area contributed by atoms with Gasteiger partial charge in [0.2, 0.25) is 5.91 Å². The lowest BCUT2D eigenvalue weighted by Gasteiger charge is -2.28. The number of nitrogens with one attached hydrogen (secondary N) is 1. The summed E-state index contributed by atoms with van der Waals surface area (Å²) in [5, 5.41) is 2.68. The summed E-state index contributed by atoms with van der Waals surface area (Å²) < 4.78 is 0. The summed E-state index contributed by atoms with van der Waals surface area (Å²) in [7, 11) is 3.82. The summed E-state index contributed by atoms with van der Waals surface area (Å²) in [5.74, 6) is 0.132. The molecule has 0 atom stereocenters. The first-order valence-electron chi connectivity index (χ1n) is 5.69. The van der Waals surface area contributed by atoms with Gasteiger partial charge in [0.25, 0.3) is 0 Å². The third-order valence-electron chi connectivity index (χ3n) is 2.94. The fourth-order valence-electron chi connectivity index (χ4n) is 1.35. The van der Waals surface area contributed by atoms with Crippen LogP contribution in [0.25, 0.3) is 0 Å². The molecule has 0 bridgehead atoms. The number of carbonyl (C=O) groups excluding carboxylic acids is 1. The Morgan fingerprint density at radius 2 is 1.93 bits per heavy atom. The molecule has 0 saturated heterocycles. The van der Waals surface area contributed by atoms with E-state index in [9.17, 15) is 4.79 Å². The SMILES string of the molecule is CNC(=O)CC(C)(C)CCN(C)C(C)C. The molecule has 3 heteroatoms. The van der Waals surface area contributed by atoms with Gasteiger partial charge in [-0.25, -0.2) is 0 Å². The zero-order valence-corrected chi connectivity index (χ0v) is 11.1. The molecule has 0 radical (unpaired) electrons. The van der Waals surface area contributed by atoms with Gasteiger partial charge in [0.15, 0.2) is 0 Å². The van der Waals surface area contributed by atoms with Crippen LogP contribution in [0.4, 0.5) is 0 Å². The number of hydrogen-bond donors (Lipinski definition) is 1. The summed E-state index contributed by atoms with van der Waals surface area (Å²) >= 11 is 0. The summed E-state index contributed by atoms with van der Waals surface area (Å²) in [6.45, 7) is 9.71. The van der Waals surface area contributed by atoms with Crippen molar-refractivity contribution < 1.29 is 4.79 Å². The highest BCUT2D eigenvalue weighted by atomic mass is 16.1. The number of amides is 1. The number of hydrogen-bond acceptors (Lipinski definition) is 2. The highest BCUT2D eigenvalue weighted by Gasteiger charge is 2.22. The Balaban J connectivity index is 3.98. The topological polar surface area (TPSA) is 32.3 Å². The number of carbonyl (C=O) groups is 1. The van der Waals surface area contributed by atoms with E-state index in [1.807, 2.05) is 0 Å². The van der Waals surface area contributed by atoms with E-state index >= 15 is 0 Å². The molecular formula is C12H26N2O. The molecule has 0 aliphatic heterocycles. The second-order valence-electron chi connectivity index (χ2n) is 5.34. The van der Waals surface area contributed by atoms with E-state index in [0.29, 0.717) is 12.5 Å². The largest absolute Gasteiger partial charge is 0.359 e. The number of rotatable bonds is 6. The van der Waals surface area contributed by atoms with Crippen molar-refractivity contribution in [2.45, 2.75) is 46.6 Å². The van der Waals surface area contributed by atoms with Gasteiger partial charge in [-0.05, 0) is 39.3 Å². The Labute approximate surface area is 94.2 Å². The van der Waals surface area contributed by atoms with Gasteiger partial charge in [0, 0.05) is 19.5 Å². The van der Waals surface area contributed by atoms with E-state index in [-0.39, 0.29) is 11.3 Å². The van der Waals surface area contributed by atoms with Gasteiger partial charge in [-0.1, -0.05) is 13.8 Å². The highest BCUT2D eigenvalue weighted by molar-refractivity contribution is 5.76. The Hall–Kier alpha value is -0.570. The van der Waals surface area contributed by atoms with E-state index in [1.165, 1.54) is 0 Å². The van der Waals surface area contributed by atoms with Crippen LogP contribution in [0, 0.1) is 5.41 Å². The van der Waals surface area contributed by atoms with Gasteiger partial charge in [-0.3, -0.25) is 4.79 Å². The molecule has 15 heavy (non-hydrogen) atoms. The van der Waals surface area contributed by atoms with Crippen molar-refractivity contribution in [3.63, 3.8) is 0 Å². The zero-order chi connectivity index (χ0) is 12.1. The van der Waals surface area contributed by atoms with Crippen molar-refractivity contribution >= 4 is 5.91 Å². The lowest BCUT2D eigenvalue weighted by atomic mass is 9.85. The average molecular weight is 214 g/mol. The van der Waals surface area contributed by atoms with Gasteiger partial charge in [0.1, 0.15) is 0 Å². The predicted molar refractivity (Wildman–Crippen MR) is 64.8 cm³/mol. The van der Waals surface area contributed by atoms with Crippen LogP contribution in [0.1, 0.15) is 40.5 Å². The standard InChI is InChI=1S/C12H26N2O/c1-10(2)14(6)8-7-12(3,4)9-11(15)13-5/h10H,7-9H2,1-6H3,(H,13,15). The van der Waals surface area contributed by atoms with Gasteiger partial charge >= 0.3 is 0 Å². The molecule has 0 aromatic heterocycles. The smallest absolute Gasteiger partial charge is 0.220 e. The zero-order valence-electron chi connectivity index (χ0n) is 11.1. The van der Waals surface area contributed by atoms with E-state index < -0.39 is 0 Å². The molecule has 0 aromatic carbocycles. The minimum absolute atomic E-state index is 0.0866. The van der Waals surface area contributed by atoms with Crippen molar-refractivity contribution in [2.24, 2.45) is 5.41 Å². The van der Waals surface area contributed by atoms with Crippen LogP contribution in [0.15, 0.2) is 0 Å². The van der Waals surface area contributed by atoms with Crippen LogP contribution in [-0.2, 0) is 4.79 Å². The van der Waals surface area contributed by atoms with Crippen molar-refractivity contribution in [3.8, 4) is 0 Å². The first kappa shape index (κ1) is 14.4. The minimum Gasteiger partial charge on any atom is -0.359 e. The van der Waals surface area contributed by atoms with Crippen LogP contribution >= 0.6 is 0 Å². The molecule has 1 amide bonds. The number of nitrogens with zero attached hydrogens (tertiary/aromatic N) is 1. The van der Waals surface area contributed by atoms with Crippen LogP contribution in [0.3, 0.4) is 0 Å². The normalized spacial score (nSPS) is 12.3. The predicted octanol–water partition coefficient (Wildman–Crippen LogP) is 1.88. The van der Waals surface area contributed by atoms with Gasteiger partial charge in [-0.2, -0.15) is 0 Å². The second kappa shape index (κ2) is 6.11. The molecule has 0 aliphatic carbocycles. The van der Waals surface area contributed by atoms with Crippen LogP contribution < -0.4 is 5.32 Å². The fourth-order valence-corrected chi connectivity index (χ4v) is 1.35. The molecule has 0 fully saturated rings. The Morgan fingerprint density at radius 1 is 1.40 bits per heavy atom. The monoisotopic (exact) mass is 214 g/mol.